The average Bonchev–Trinajstić information content (AvgIpc) is 2.88. The number of ether oxygens (including phenoxy) is 2. The van der Waals surface area contributed by atoms with Crippen LogP contribution >= 0.6 is 0 Å². The Hall–Kier alpha value is -3.55. The highest BCUT2D eigenvalue weighted by Gasteiger charge is 2.63. The lowest BCUT2D eigenvalue weighted by molar-refractivity contribution is -0.163. The third-order valence-corrected chi connectivity index (χ3v) is 8.46. The van der Waals surface area contributed by atoms with E-state index in [0.29, 0.717) is 10.9 Å². The highest BCUT2D eigenvalue weighted by molar-refractivity contribution is 6.24. The number of primary amides is 1. The van der Waals surface area contributed by atoms with Crippen molar-refractivity contribution in [2.45, 2.75) is 62.8 Å². The molecule has 1 saturated heterocycles. The SMILES string of the molecule is COC12C(=O)c3c(c(C)c4ccc(C5CC(O)C(O)C(C)O5)c(O)c4c3O)CC1C(O)C(=O)C(C(N)=O)=C2O. The molecule has 12 nitrogen and oxygen atoms in total. The number of amides is 1. The third kappa shape index (κ3) is 3.46. The zero-order valence-electron chi connectivity index (χ0n) is 21.3. The second-order valence-corrected chi connectivity index (χ2v) is 10.4. The van der Waals surface area contributed by atoms with Gasteiger partial charge in [-0.1, -0.05) is 12.1 Å². The molecule has 2 aromatic rings. The fourth-order valence-corrected chi connectivity index (χ4v) is 6.35. The topological polar surface area (TPSA) is 217 Å². The molecule has 1 fully saturated rings. The normalized spacial score (nSPS) is 32.8. The largest absolute Gasteiger partial charge is 0.508 e. The summed E-state index contributed by atoms with van der Waals surface area (Å²) in [5.41, 5.74) is 2.49. The number of rotatable bonds is 3. The first kappa shape index (κ1) is 27.0. The Bertz CT molecular complexity index is 1470. The van der Waals surface area contributed by atoms with Gasteiger partial charge in [0.15, 0.2) is 5.60 Å². The number of aryl methyl sites for hydroxylation is 1. The van der Waals surface area contributed by atoms with Gasteiger partial charge in [-0.25, -0.2) is 0 Å². The van der Waals surface area contributed by atoms with Crippen LogP contribution in [0, 0.1) is 12.8 Å². The Labute approximate surface area is 221 Å². The minimum Gasteiger partial charge on any atom is -0.508 e. The summed E-state index contributed by atoms with van der Waals surface area (Å²) in [6.45, 7) is 3.20. The molecule has 7 unspecified atom stereocenters. The van der Waals surface area contributed by atoms with Crippen molar-refractivity contribution in [2.75, 3.05) is 7.11 Å². The number of aliphatic hydroxyl groups is 4. The molecule has 0 aromatic heterocycles. The summed E-state index contributed by atoms with van der Waals surface area (Å²) in [7, 11) is 1.05. The molecule has 0 saturated carbocycles. The minimum absolute atomic E-state index is 0.0386. The number of phenolic OH excluding ortho intramolecular Hbond substituents is 2. The number of hydrogen-bond donors (Lipinski definition) is 7. The second kappa shape index (κ2) is 9.00. The van der Waals surface area contributed by atoms with E-state index in [2.05, 4.69) is 0 Å². The van der Waals surface area contributed by atoms with Gasteiger partial charge in [0.1, 0.15) is 35.0 Å². The first-order valence-corrected chi connectivity index (χ1v) is 12.4. The van der Waals surface area contributed by atoms with Crippen molar-refractivity contribution < 1.29 is 54.5 Å². The number of hydrogen-bond acceptors (Lipinski definition) is 11. The van der Waals surface area contributed by atoms with Crippen LogP contribution in [0.1, 0.15) is 46.5 Å². The zero-order valence-corrected chi connectivity index (χ0v) is 21.3. The Morgan fingerprint density at radius 2 is 1.79 bits per heavy atom. The zero-order chi connectivity index (χ0) is 28.7. The van der Waals surface area contributed by atoms with Crippen LogP contribution in [0.25, 0.3) is 10.8 Å². The van der Waals surface area contributed by atoms with Crippen molar-refractivity contribution in [3.8, 4) is 11.5 Å². The van der Waals surface area contributed by atoms with Crippen molar-refractivity contribution in [1.29, 1.82) is 0 Å². The molecule has 5 rings (SSSR count). The van der Waals surface area contributed by atoms with Gasteiger partial charge in [-0.15, -0.1) is 0 Å². The molecular formula is C27H29NO11. The maximum atomic E-state index is 14.1. The van der Waals surface area contributed by atoms with Crippen LogP contribution in [0.2, 0.25) is 0 Å². The van der Waals surface area contributed by atoms with Gasteiger partial charge in [-0.2, -0.15) is 0 Å². The summed E-state index contributed by atoms with van der Waals surface area (Å²) in [6.07, 6.45) is -5.99. The molecule has 0 bridgehead atoms. The number of aromatic hydroxyl groups is 2. The number of fused-ring (bicyclic) bond motifs is 3. The minimum atomic E-state index is -2.41. The Kier molecular flexibility index (Phi) is 6.24. The predicted molar refractivity (Wildman–Crippen MR) is 133 cm³/mol. The molecule has 2 aromatic carbocycles. The summed E-state index contributed by atoms with van der Waals surface area (Å²) < 4.78 is 11.2. The monoisotopic (exact) mass is 543 g/mol. The Balaban J connectivity index is 1.75. The summed E-state index contributed by atoms with van der Waals surface area (Å²) in [6, 6.07) is 3.15. The smallest absolute Gasteiger partial charge is 0.255 e. The van der Waals surface area contributed by atoms with Crippen LogP contribution < -0.4 is 5.73 Å². The van der Waals surface area contributed by atoms with Crippen LogP contribution in [0.4, 0.5) is 0 Å². The lowest BCUT2D eigenvalue weighted by Crippen LogP contribution is -2.62. The van der Waals surface area contributed by atoms with E-state index in [9.17, 15) is 45.0 Å². The maximum absolute atomic E-state index is 14.1. The van der Waals surface area contributed by atoms with E-state index in [1.54, 1.807) is 26.0 Å². The number of phenols is 2. The van der Waals surface area contributed by atoms with E-state index in [4.69, 9.17) is 15.2 Å². The Morgan fingerprint density at radius 3 is 2.38 bits per heavy atom. The molecule has 208 valence electrons. The third-order valence-electron chi connectivity index (χ3n) is 8.46. The van der Waals surface area contributed by atoms with Gasteiger partial charge in [-0.05, 0) is 36.8 Å². The van der Waals surface area contributed by atoms with Crippen LogP contribution in [0.15, 0.2) is 23.5 Å². The van der Waals surface area contributed by atoms with Crippen molar-refractivity contribution in [3.05, 3.63) is 45.7 Å². The van der Waals surface area contributed by atoms with Crippen LogP contribution in [-0.4, -0.2) is 85.2 Å². The van der Waals surface area contributed by atoms with Crippen molar-refractivity contribution >= 4 is 28.2 Å². The van der Waals surface area contributed by atoms with Gasteiger partial charge >= 0.3 is 0 Å². The second-order valence-electron chi connectivity index (χ2n) is 10.4. The van der Waals surface area contributed by atoms with Crippen LogP contribution in [-0.2, 0) is 25.5 Å². The van der Waals surface area contributed by atoms with Gasteiger partial charge in [-0.3, -0.25) is 14.4 Å². The van der Waals surface area contributed by atoms with Crippen LogP contribution in [0.3, 0.4) is 0 Å². The number of ketones is 2. The first-order valence-electron chi connectivity index (χ1n) is 12.4. The van der Waals surface area contributed by atoms with E-state index in [1.165, 1.54) is 0 Å². The van der Waals surface area contributed by atoms with Gasteiger partial charge in [0.25, 0.3) is 5.91 Å². The average molecular weight is 544 g/mol. The van der Waals surface area contributed by atoms with Gasteiger partial charge in [0, 0.05) is 25.0 Å². The molecule has 0 spiro atoms. The highest BCUT2D eigenvalue weighted by atomic mass is 16.5. The lowest BCUT2D eigenvalue weighted by Gasteiger charge is -2.46. The molecule has 0 radical (unpaired) electrons. The molecule has 1 amide bonds. The highest BCUT2D eigenvalue weighted by Crippen LogP contribution is 2.52. The summed E-state index contributed by atoms with van der Waals surface area (Å²) in [5, 5.41) is 65.1. The lowest BCUT2D eigenvalue weighted by atomic mass is 9.62. The van der Waals surface area contributed by atoms with E-state index in [1.807, 2.05) is 0 Å². The number of aliphatic hydroxyl groups excluding tert-OH is 4. The quantitative estimate of drug-likeness (QED) is 0.258. The first-order chi connectivity index (χ1) is 18.3. The standard InChI is InChI=1S/C27H29NO11/c1-8-10-4-5-11(15-7-14(29)19(30)9(2)39-15)20(31)16(10)22(33)17-12(8)6-13-21(32)23(34)18(26(28)37)25(36)27(13,38-3)24(17)35/h4-5,9,13-15,19,21,29-33,36H,6-7H2,1-3H3,(H2,28,37). The number of carbonyl (C=O) groups excluding carboxylic acids is 3. The van der Waals surface area contributed by atoms with Crippen molar-refractivity contribution in [1.82, 2.24) is 0 Å². The molecule has 1 heterocycles. The molecule has 12 heteroatoms. The summed E-state index contributed by atoms with van der Waals surface area (Å²) in [4.78, 5) is 38.7. The summed E-state index contributed by atoms with van der Waals surface area (Å²) >= 11 is 0. The van der Waals surface area contributed by atoms with E-state index in [0.717, 1.165) is 7.11 Å². The van der Waals surface area contributed by atoms with Crippen molar-refractivity contribution in [2.24, 2.45) is 11.7 Å². The fraction of sp³-hybridized carbons (Fsp3) is 0.444. The Morgan fingerprint density at radius 1 is 1.13 bits per heavy atom. The van der Waals surface area contributed by atoms with Gasteiger partial charge < -0.3 is 45.8 Å². The molecule has 1 aliphatic heterocycles. The van der Waals surface area contributed by atoms with Crippen LogP contribution in [0.5, 0.6) is 11.5 Å². The maximum Gasteiger partial charge on any atom is 0.255 e. The molecule has 39 heavy (non-hydrogen) atoms. The molecular weight excluding hydrogens is 514 g/mol. The van der Waals surface area contributed by atoms with E-state index < -0.39 is 82.3 Å². The molecule has 8 N–H and O–H groups in total. The fourth-order valence-electron chi connectivity index (χ4n) is 6.35. The number of nitrogens with two attached hydrogens (primary N) is 1. The molecule has 2 aliphatic carbocycles. The van der Waals surface area contributed by atoms with E-state index >= 15 is 0 Å². The predicted octanol–water partition coefficient (Wildman–Crippen LogP) is 0.112. The number of benzene rings is 2. The number of Topliss-reactive ketones (excluding diaryl/α,β-unsaturated/α-hetero) is 2. The van der Waals surface area contributed by atoms with Gasteiger partial charge in [0.2, 0.25) is 11.6 Å². The van der Waals surface area contributed by atoms with Gasteiger partial charge in [0.05, 0.1) is 29.3 Å². The summed E-state index contributed by atoms with van der Waals surface area (Å²) in [5.74, 6) is -7.00. The number of carbonyl (C=O) groups is 3. The molecule has 7 atom stereocenters. The number of methoxy groups -OCH3 is 1. The van der Waals surface area contributed by atoms with Crippen molar-refractivity contribution in [3.63, 3.8) is 0 Å². The molecule has 3 aliphatic rings. The van der Waals surface area contributed by atoms with E-state index in [-0.39, 0.29) is 34.9 Å².